The maximum atomic E-state index is 5.87. The number of aromatic nitrogens is 3. The monoisotopic (exact) mass is 238 g/mol. The second-order valence-corrected chi connectivity index (χ2v) is 3.70. The van der Waals surface area contributed by atoms with E-state index < -0.39 is 0 Å². The number of hydrogen-bond donors (Lipinski definition) is 1. The lowest BCUT2D eigenvalue weighted by Gasteiger charge is -2.05. The largest absolute Gasteiger partial charge is 0.496 e. The fraction of sp³-hybridized carbons (Fsp3) is 0.200. The molecule has 6 heteroatoms. The van der Waals surface area contributed by atoms with Gasteiger partial charge in [0, 0.05) is 12.1 Å². The number of nitrogens with two attached hydrogens (primary N) is 1. The Labute approximate surface area is 97.8 Å². The molecule has 0 bridgehead atoms. The molecule has 5 nitrogen and oxygen atoms in total. The minimum absolute atomic E-state index is 0.354. The summed E-state index contributed by atoms with van der Waals surface area (Å²) in [4.78, 5) is 4.13. The molecule has 0 atom stereocenters. The second kappa shape index (κ2) is 4.02. The fourth-order valence-electron chi connectivity index (χ4n) is 1.36. The molecule has 1 heterocycles. The van der Waals surface area contributed by atoms with Crippen LogP contribution >= 0.6 is 11.6 Å². The summed E-state index contributed by atoms with van der Waals surface area (Å²) in [5.74, 6) is 1.50. The first-order chi connectivity index (χ1) is 7.61. The number of nitrogen functional groups attached to an aromatic ring is 1. The molecule has 0 aliphatic rings. The average Bonchev–Trinajstić information content (AvgIpc) is 2.59. The number of aryl methyl sites for hydroxylation is 1. The van der Waals surface area contributed by atoms with Crippen molar-refractivity contribution in [2.45, 2.75) is 0 Å². The van der Waals surface area contributed by atoms with Crippen LogP contribution < -0.4 is 10.5 Å². The smallest absolute Gasteiger partial charge is 0.218 e. The molecule has 1 aromatic heterocycles. The van der Waals surface area contributed by atoms with Crippen LogP contribution in [0.15, 0.2) is 18.2 Å². The molecule has 0 fully saturated rings. The number of rotatable bonds is 2. The van der Waals surface area contributed by atoms with Crippen LogP contribution in [0.3, 0.4) is 0 Å². The molecule has 84 valence electrons. The van der Waals surface area contributed by atoms with E-state index in [0.717, 1.165) is 5.56 Å². The van der Waals surface area contributed by atoms with E-state index in [2.05, 4.69) is 10.1 Å². The van der Waals surface area contributed by atoms with Crippen LogP contribution in [-0.2, 0) is 7.05 Å². The molecule has 0 unspecified atom stereocenters. The zero-order chi connectivity index (χ0) is 11.7. The molecule has 0 amide bonds. The van der Waals surface area contributed by atoms with Gasteiger partial charge in [-0.2, -0.15) is 4.98 Å². The molecule has 0 spiro atoms. The number of benzene rings is 1. The van der Waals surface area contributed by atoms with Gasteiger partial charge in [-0.15, -0.1) is 5.10 Å². The van der Waals surface area contributed by atoms with Gasteiger partial charge in [-0.05, 0) is 18.2 Å². The number of anilines is 1. The Bertz CT molecular complexity index is 504. The van der Waals surface area contributed by atoms with E-state index in [1.807, 2.05) is 0 Å². The Kier molecular flexibility index (Phi) is 2.70. The third-order valence-electron chi connectivity index (χ3n) is 2.20. The highest BCUT2D eigenvalue weighted by molar-refractivity contribution is 6.30. The van der Waals surface area contributed by atoms with Crippen molar-refractivity contribution in [2.24, 2.45) is 7.05 Å². The lowest BCUT2D eigenvalue weighted by Crippen LogP contribution is -1.97. The van der Waals surface area contributed by atoms with Crippen LogP contribution in [0.5, 0.6) is 5.75 Å². The van der Waals surface area contributed by atoms with Crippen molar-refractivity contribution in [3.8, 4) is 17.1 Å². The first kappa shape index (κ1) is 10.8. The average molecular weight is 239 g/mol. The highest BCUT2D eigenvalue weighted by atomic mass is 35.5. The zero-order valence-electron chi connectivity index (χ0n) is 8.94. The minimum atomic E-state index is 0.354. The molecular formula is C10H11ClN4O. The first-order valence-corrected chi connectivity index (χ1v) is 5.00. The summed E-state index contributed by atoms with van der Waals surface area (Å²) in [5, 5.41) is 4.78. The lowest BCUT2D eigenvalue weighted by molar-refractivity contribution is 0.416. The van der Waals surface area contributed by atoms with Crippen molar-refractivity contribution in [2.75, 3.05) is 12.8 Å². The molecule has 16 heavy (non-hydrogen) atoms. The van der Waals surface area contributed by atoms with Crippen molar-refractivity contribution >= 4 is 17.5 Å². The van der Waals surface area contributed by atoms with Crippen LogP contribution in [0.25, 0.3) is 11.4 Å². The fourth-order valence-corrected chi connectivity index (χ4v) is 1.52. The third-order valence-corrected chi connectivity index (χ3v) is 2.44. The molecule has 0 saturated heterocycles. The third kappa shape index (κ3) is 1.81. The first-order valence-electron chi connectivity index (χ1n) is 4.62. The van der Waals surface area contributed by atoms with Gasteiger partial charge in [0.2, 0.25) is 5.95 Å². The van der Waals surface area contributed by atoms with E-state index in [9.17, 15) is 0 Å². The predicted octanol–water partition coefficient (Wildman–Crippen LogP) is 1.73. The molecule has 1 aromatic carbocycles. The highest BCUT2D eigenvalue weighted by Crippen LogP contribution is 2.30. The summed E-state index contributed by atoms with van der Waals surface area (Å²) in [7, 11) is 3.30. The summed E-state index contributed by atoms with van der Waals surface area (Å²) in [6.07, 6.45) is 0. The van der Waals surface area contributed by atoms with Gasteiger partial charge in [0.25, 0.3) is 0 Å². The van der Waals surface area contributed by atoms with Crippen LogP contribution in [0.4, 0.5) is 5.95 Å². The van der Waals surface area contributed by atoms with E-state index in [4.69, 9.17) is 22.1 Å². The maximum Gasteiger partial charge on any atom is 0.218 e. The lowest BCUT2D eigenvalue weighted by atomic mass is 10.2. The quantitative estimate of drug-likeness (QED) is 0.865. The summed E-state index contributed by atoms with van der Waals surface area (Å²) >= 11 is 5.87. The Balaban J connectivity index is 2.55. The molecule has 0 aliphatic carbocycles. The normalized spacial score (nSPS) is 10.4. The molecule has 0 saturated carbocycles. The maximum absolute atomic E-state index is 5.87. The second-order valence-electron chi connectivity index (χ2n) is 3.26. The number of halogens is 1. The van der Waals surface area contributed by atoms with Crippen LogP contribution in [-0.4, -0.2) is 21.9 Å². The Hall–Kier alpha value is -1.75. The topological polar surface area (TPSA) is 66.0 Å². The van der Waals surface area contributed by atoms with E-state index >= 15 is 0 Å². The number of methoxy groups -OCH3 is 1. The van der Waals surface area contributed by atoms with Crippen molar-refractivity contribution in [3.63, 3.8) is 0 Å². The van der Waals surface area contributed by atoms with Crippen molar-refractivity contribution in [1.29, 1.82) is 0 Å². The van der Waals surface area contributed by atoms with E-state index in [1.54, 1.807) is 32.4 Å². The van der Waals surface area contributed by atoms with Gasteiger partial charge in [0.05, 0.1) is 12.7 Å². The van der Waals surface area contributed by atoms with E-state index in [1.165, 1.54) is 4.68 Å². The van der Waals surface area contributed by atoms with Crippen LogP contribution in [0.2, 0.25) is 5.02 Å². The van der Waals surface area contributed by atoms with Gasteiger partial charge >= 0.3 is 0 Å². The summed E-state index contributed by atoms with van der Waals surface area (Å²) in [6.45, 7) is 0. The standard InChI is InChI=1S/C10H11ClN4O/c1-15-10(12)13-9(14-15)7-4-3-6(11)5-8(7)16-2/h3-5H,1-2H3,(H2,12,13,14). The van der Waals surface area contributed by atoms with Crippen molar-refractivity contribution in [3.05, 3.63) is 23.2 Å². The van der Waals surface area contributed by atoms with Crippen molar-refractivity contribution in [1.82, 2.24) is 14.8 Å². The SMILES string of the molecule is COc1cc(Cl)ccc1-c1nc(N)n(C)n1. The van der Waals surface area contributed by atoms with Gasteiger partial charge in [0.15, 0.2) is 5.82 Å². The molecule has 0 radical (unpaired) electrons. The number of ether oxygens (including phenoxy) is 1. The van der Waals surface area contributed by atoms with Gasteiger partial charge in [-0.1, -0.05) is 11.6 Å². The Morgan fingerprint density at radius 3 is 2.75 bits per heavy atom. The zero-order valence-corrected chi connectivity index (χ0v) is 9.69. The van der Waals surface area contributed by atoms with Crippen LogP contribution in [0.1, 0.15) is 0 Å². The van der Waals surface area contributed by atoms with Crippen LogP contribution in [0, 0.1) is 0 Å². The molecule has 2 aromatic rings. The molecule has 2 rings (SSSR count). The summed E-state index contributed by atoms with van der Waals surface area (Å²) in [6, 6.07) is 5.27. The number of nitrogens with zero attached hydrogens (tertiary/aromatic N) is 3. The molecule has 0 aliphatic heterocycles. The Morgan fingerprint density at radius 2 is 2.19 bits per heavy atom. The molecule has 2 N–H and O–H groups in total. The Morgan fingerprint density at radius 1 is 1.44 bits per heavy atom. The van der Waals surface area contributed by atoms with Crippen molar-refractivity contribution < 1.29 is 4.74 Å². The van der Waals surface area contributed by atoms with Gasteiger partial charge in [-0.3, -0.25) is 0 Å². The van der Waals surface area contributed by atoms with Gasteiger partial charge < -0.3 is 10.5 Å². The summed E-state index contributed by atoms with van der Waals surface area (Å²) in [5.41, 5.74) is 6.39. The number of hydrogen-bond acceptors (Lipinski definition) is 4. The van der Waals surface area contributed by atoms with E-state index in [0.29, 0.717) is 22.5 Å². The molecular weight excluding hydrogens is 228 g/mol. The van der Waals surface area contributed by atoms with Gasteiger partial charge in [0.1, 0.15) is 5.75 Å². The minimum Gasteiger partial charge on any atom is -0.496 e. The predicted molar refractivity (Wildman–Crippen MR) is 62.4 cm³/mol. The van der Waals surface area contributed by atoms with Gasteiger partial charge in [-0.25, -0.2) is 4.68 Å². The van der Waals surface area contributed by atoms with E-state index in [-0.39, 0.29) is 0 Å². The highest BCUT2D eigenvalue weighted by Gasteiger charge is 2.12. The summed E-state index contributed by atoms with van der Waals surface area (Å²) < 4.78 is 6.72.